The number of nitrogens with zero attached hydrogens (tertiary/aromatic N) is 2. The van der Waals surface area contributed by atoms with E-state index in [-0.39, 0.29) is 11.1 Å². The zero-order valence-corrected chi connectivity index (χ0v) is 10.4. The number of ether oxygens (including phenoxy) is 1. The summed E-state index contributed by atoms with van der Waals surface area (Å²) < 4.78 is 5.63. The molecule has 1 unspecified atom stereocenters. The number of thiocarbonyl (C=S) groups is 1. The third-order valence-corrected chi connectivity index (χ3v) is 2.90. The molecule has 1 fully saturated rings. The van der Waals surface area contributed by atoms with E-state index in [9.17, 15) is 0 Å². The lowest BCUT2D eigenvalue weighted by Gasteiger charge is -2.23. The number of anilines is 1. The lowest BCUT2D eigenvalue weighted by atomic mass is 10.1. The van der Waals surface area contributed by atoms with E-state index in [1.54, 1.807) is 12.4 Å². The van der Waals surface area contributed by atoms with Crippen LogP contribution in [0.4, 0.5) is 5.82 Å². The molecule has 17 heavy (non-hydrogen) atoms. The molecule has 0 saturated carbocycles. The highest BCUT2D eigenvalue weighted by atomic mass is 32.1. The van der Waals surface area contributed by atoms with Gasteiger partial charge in [-0.25, -0.2) is 9.97 Å². The Morgan fingerprint density at radius 3 is 3.00 bits per heavy atom. The van der Waals surface area contributed by atoms with Crippen molar-refractivity contribution in [3.05, 3.63) is 18.1 Å². The summed E-state index contributed by atoms with van der Waals surface area (Å²) >= 11 is 4.92. The van der Waals surface area contributed by atoms with Crippen LogP contribution in [0.15, 0.2) is 12.4 Å². The van der Waals surface area contributed by atoms with Crippen LogP contribution in [-0.2, 0) is 4.74 Å². The number of hydrogen-bond acceptors (Lipinski definition) is 5. The number of hydrogen-bond donors (Lipinski definition) is 2. The van der Waals surface area contributed by atoms with Crippen molar-refractivity contribution in [3.63, 3.8) is 0 Å². The van der Waals surface area contributed by atoms with E-state index in [4.69, 9.17) is 22.7 Å². The fourth-order valence-electron chi connectivity index (χ4n) is 1.83. The molecule has 1 aromatic heterocycles. The van der Waals surface area contributed by atoms with Gasteiger partial charge in [0.05, 0.1) is 6.10 Å². The van der Waals surface area contributed by atoms with E-state index in [2.05, 4.69) is 15.3 Å². The standard InChI is InChI=1S/C11H16N4OS/c12-10(17)9-11(14-5-4-13-9)15-7-8-3-1-2-6-16-8/h4-5,8H,1-3,6-7H2,(H2,12,17)(H,14,15). The van der Waals surface area contributed by atoms with Gasteiger partial charge in [-0.15, -0.1) is 0 Å². The van der Waals surface area contributed by atoms with Crippen LogP contribution in [0, 0.1) is 0 Å². The molecule has 1 aliphatic rings. The van der Waals surface area contributed by atoms with Gasteiger partial charge in [-0.1, -0.05) is 12.2 Å². The van der Waals surface area contributed by atoms with Gasteiger partial charge in [0.15, 0.2) is 5.82 Å². The first-order valence-electron chi connectivity index (χ1n) is 5.73. The zero-order valence-electron chi connectivity index (χ0n) is 9.56. The van der Waals surface area contributed by atoms with Crippen LogP contribution >= 0.6 is 12.2 Å². The van der Waals surface area contributed by atoms with Crippen molar-refractivity contribution in [1.29, 1.82) is 0 Å². The highest BCUT2D eigenvalue weighted by Gasteiger charge is 2.15. The normalized spacial score (nSPS) is 19.9. The molecule has 6 heteroatoms. The summed E-state index contributed by atoms with van der Waals surface area (Å²) in [5, 5.41) is 3.20. The lowest BCUT2D eigenvalue weighted by molar-refractivity contribution is 0.0247. The van der Waals surface area contributed by atoms with Crippen molar-refractivity contribution in [3.8, 4) is 0 Å². The maximum Gasteiger partial charge on any atom is 0.155 e. The highest BCUT2D eigenvalue weighted by Crippen LogP contribution is 2.14. The van der Waals surface area contributed by atoms with Gasteiger partial charge in [0.1, 0.15) is 10.7 Å². The summed E-state index contributed by atoms with van der Waals surface area (Å²) in [7, 11) is 0. The first-order valence-corrected chi connectivity index (χ1v) is 6.14. The molecule has 0 aliphatic carbocycles. The quantitative estimate of drug-likeness (QED) is 0.782. The molecule has 2 rings (SSSR count). The van der Waals surface area contributed by atoms with Crippen LogP contribution < -0.4 is 11.1 Å². The minimum Gasteiger partial charge on any atom is -0.388 e. The van der Waals surface area contributed by atoms with Crippen molar-refractivity contribution >= 4 is 23.0 Å². The third kappa shape index (κ3) is 3.34. The van der Waals surface area contributed by atoms with E-state index in [1.807, 2.05) is 0 Å². The second-order valence-electron chi connectivity index (χ2n) is 3.99. The summed E-state index contributed by atoms with van der Waals surface area (Å²) in [5.41, 5.74) is 6.12. The fourth-order valence-corrected chi connectivity index (χ4v) is 1.98. The average Bonchev–Trinajstić information content (AvgIpc) is 2.38. The van der Waals surface area contributed by atoms with Crippen LogP contribution in [0.2, 0.25) is 0 Å². The molecular formula is C11H16N4OS. The molecule has 1 aromatic rings. The van der Waals surface area contributed by atoms with Crippen molar-refractivity contribution < 1.29 is 4.74 Å². The Hall–Kier alpha value is -1.27. The molecule has 0 bridgehead atoms. The Kier molecular flexibility index (Phi) is 4.22. The van der Waals surface area contributed by atoms with Crippen molar-refractivity contribution in [2.75, 3.05) is 18.5 Å². The second-order valence-corrected chi connectivity index (χ2v) is 4.43. The Bertz CT molecular complexity index is 393. The fraction of sp³-hybridized carbons (Fsp3) is 0.545. The van der Waals surface area contributed by atoms with E-state index < -0.39 is 0 Å². The number of nitrogens with two attached hydrogens (primary N) is 1. The average molecular weight is 252 g/mol. The molecule has 1 saturated heterocycles. The van der Waals surface area contributed by atoms with Gasteiger partial charge < -0.3 is 15.8 Å². The highest BCUT2D eigenvalue weighted by molar-refractivity contribution is 7.80. The van der Waals surface area contributed by atoms with Crippen molar-refractivity contribution in [1.82, 2.24) is 9.97 Å². The van der Waals surface area contributed by atoms with Crippen molar-refractivity contribution in [2.45, 2.75) is 25.4 Å². The van der Waals surface area contributed by atoms with Crippen LogP contribution in [0.1, 0.15) is 25.0 Å². The summed E-state index contributed by atoms with van der Waals surface area (Å²) in [5.74, 6) is 0.633. The van der Waals surface area contributed by atoms with Crippen LogP contribution in [0.5, 0.6) is 0 Å². The molecule has 3 N–H and O–H groups in total. The number of aromatic nitrogens is 2. The van der Waals surface area contributed by atoms with Gasteiger partial charge in [0.2, 0.25) is 0 Å². The molecule has 0 amide bonds. The largest absolute Gasteiger partial charge is 0.388 e. The van der Waals surface area contributed by atoms with Gasteiger partial charge in [0.25, 0.3) is 0 Å². The maximum absolute atomic E-state index is 5.63. The molecule has 2 heterocycles. The van der Waals surface area contributed by atoms with Gasteiger partial charge >= 0.3 is 0 Å². The van der Waals surface area contributed by atoms with Gasteiger partial charge in [-0.2, -0.15) is 0 Å². The first kappa shape index (κ1) is 12.2. The summed E-state index contributed by atoms with van der Waals surface area (Å²) in [6.07, 6.45) is 6.89. The maximum atomic E-state index is 5.63. The van der Waals surface area contributed by atoms with Crippen LogP contribution in [0.25, 0.3) is 0 Å². The summed E-state index contributed by atoms with van der Waals surface area (Å²) in [4.78, 5) is 8.55. The summed E-state index contributed by atoms with van der Waals surface area (Å²) in [6, 6.07) is 0. The Labute approximate surface area is 106 Å². The van der Waals surface area contributed by atoms with Crippen LogP contribution in [-0.4, -0.2) is 34.2 Å². The molecule has 0 aromatic carbocycles. The minimum absolute atomic E-state index is 0.241. The molecule has 0 spiro atoms. The third-order valence-electron chi connectivity index (χ3n) is 2.70. The number of nitrogens with one attached hydrogen (secondary N) is 1. The van der Waals surface area contributed by atoms with Gasteiger partial charge in [-0.05, 0) is 19.3 Å². The van der Waals surface area contributed by atoms with Crippen molar-refractivity contribution in [2.24, 2.45) is 5.73 Å². The molecule has 92 valence electrons. The van der Waals surface area contributed by atoms with Gasteiger partial charge in [0, 0.05) is 25.5 Å². The summed E-state index contributed by atoms with van der Waals surface area (Å²) in [6.45, 7) is 1.56. The molecule has 1 atom stereocenters. The zero-order chi connectivity index (χ0) is 12.1. The smallest absolute Gasteiger partial charge is 0.155 e. The second kappa shape index (κ2) is 5.88. The molecule has 0 radical (unpaired) electrons. The van der Waals surface area contributed by atoms with E-state index >= 15 is 0 Å². The Balaban J connectivity index is 1.96. The van der Waals surface area contributed by atoms with E-state index in [1.165, 1.54) is 6.42 Å². The molecular weight excluding hydrogens is 236 g/mol. The van der Waals surface area contributed by atoms with E-state index in [0.717, 1.165) is 19.4 Å². The first-order chi connectivity index (χ1) is 8.27. The lowest BCUT2D eigenvalue weighted by Crippen LogP contribution is -2.28. The van der Waals surface area contributed by atoms with Gasteiger partial charge in [-0.3, -0.25) is 0 Å². The molecule has 5 nitrogen and oxygen atoms in total. The monoisotopic (exact) mass is 252 g/mol. The van der Waals surface area contributed by atoms with E-state index in [0.29, 0.717) is 18.1 Å². The molecule has 1 aliphatic heterocycles. The SMILES string of the molecule is NC(=S)c1nccnc1NCC1CCCCO1. The Morgan fingerprint density at radius 1 is 1.47 bits per heavy atom. The topological polar surface area (TPSA) is 73.1 Å². The minimum atomic E-state index is 0.241. The van der Waals surface area contributed by atoms with Crippen LogP contribution in [0.3, 0.4) is 0 Å². The predicted octanol–water partition coefficient (Wildman–Crippen LogP) is 1.09. The number of rotatable bonds is 4. The Morgan fingerprint density at radius 2 is 2.29 bits per heavy atom. The predicted molar refractivity (Wildman–Crippen MR) is 70.0 cm³/mol.